The molecular formula is C22H25ClN4O2S. The molecule has 6 nitrogen and oxygen atoms in total. The highest BCUT2D eigenvalue weighted by molar-refractivity contribution is 7.17. The summed E-state index contributed by atoms with van der Waals surface area (Å²) in [6.45, 7) is 3.33. The maximum absolute atomic E-state index is 12.0. The molecular weight excluding hydrogens is 420 g/mol. The van der Waals surface area contributed by atoms with E-state index in [9.17, 15) is 9.59 Å². The Morgan fingerprint density at radius 1 is 1.10 bits per heavy atom. The zero-order valence-corrected chi connectivity index (χ0v) is 18.4. The lowest BCUT2D eigenvalue weighted by atomic mass is 10.0. The molecule has 0 bridgehead atoms. The molecule has 1 unspecified atom stereocenters. The minimum absolute atomic E-state index is 0.0606. The van der Waals surface area contributed by atoms with E-state index in [-0.39, 0.29) is 24.9 Å². The first-order chi connectivity index (χ1) is 14.5. The summed E-state index contributed by atoms with van der Waals surface area (Å²) >= 11 is 7.61. The molecule has 0 aliphatic heterocycles. The number of aromatic nitrogens is 1. The molecule has 0 saturated heterocycles. The lowest BCUT2D eigenvalue weighted by molar-refractivity contribution is -0.125. The second-order valence-corrected chi connectivity index (χ2v) is 8.52. The molecule has 0 fully saturated rings. The molecule has 158 valence electrons. The minimum Gasteiger partial charge on any atom is -0.350 e. The number of amides is 2. The average Bonchev–Trinajstić information content (AvgIpc) is 3.11. The molecule has 3 N–H and O–H groups in total. The van der Waals surface area contributed by atoms with Gasteiger partial charge in [-0.25, -0.2) is 4.98 Å². The number of nitrogens with zero attached hydrogens (tertiary/aromatic N) is 1. The SMILES string of the molecule is CC(CNCC(=O)NCC(=O)NCc1cnc2scc(Cl)c2c1)Cc1ccccc1. The predicted molar refractivity (Wildman–Crippen MR) is 122 cm³/mol. The predicted octanol–water partition coefficient (Wildman–Crippen LogP) is 3.15. The standard InChI is InChI=1S/C22H25ClN4O2S/c1-15(7-16-5-3-2-4-6-16)9-24-12-20(28)26-13-21(29)25-10-17-8-18-19(23)14-30-22(18)27-11-17/h2-6,8,11,14-15,24H,7,9-10,12-13H2,1H3,(H,25,29)(H,26,28). The minimum atomic E-state index is -0.252. The normalized spacial score (nSPS) is 11.9. The zero-order valence-electron chi connectivity index (χ0n) is 16.8. The van der Waals surface area contributed by atoms with Gasteiger partial charge in [-0.15, -0.1) is 11.3 Å². The van der Waals surface area contributed by atoms with Gasteiger partial charge in [0.25, 0.3) is 0 Å². The number of carbonyl (C=O) groups excluding carboxylic acids is 2. The van der Waals surface area contributed by atoms with Crippen LogP contribution in [0.15, 0.2) is 48.0 Å². The van der Waals surface area contributed by atoms with Crippen molar-refractivity contribution in [1.82, 2.24) is 20.9 Å². The fourth-order valence-electron chi connectivity index (χ4n) is 3.05. The van der Waals surface area contributed by atoms with Crippen LogP contribution in [0, 0.1) is 5.92 Å². The number of carbonyl (C=O) groups is 2. The highest BCUT2D eigenvalue weighted by atomic mass is 35.5. The van der Waals surface area contributed by atoms with Crippen molar-refractivity contribution < 1.29 is 9.59 Å². The van der Waals surface area contributed by atoms with Crippen LogP contribution in [-0.2, 0) is 22.6 Å². The van der Waals surface area contributed by atoms with E-state index in [2.05, 4.69) is 40.0 Å². The summed E-state index contributed by atoms with van der Waals surface area (Å²) < 4.78 is 0. The van der Waals surface area contributed by atoms with Crippen molar-refractivity contribution >= 4 is 45.0 Å². The van der Waals surface area contributed by atoms with Gasteiger partial charge in [-0.1, -0.05) is 48.9 Å². The topological polar surface area (TPSA) is 83.1 Å². The summed E-state index contributed by atoms with van der Waals surface area (Å²) in [6.07, 6.45) is 2.67. The van der Waals surface area contributed by atoms with Crippen LogP contribution in [0.3, 0.4) is 0 Å². The largest absolute Gasteiger partial charge is 0.350 e. The monoisotopic (exact) mass is 444 g/mol. The molecule has 30 heavy (non-hydrogen) atoms. The van der Waals surface area contributed by atoms with Gasteiger partial charge in [-0.3, -0.25) is 9.59 Å². The number of hydrogen-bond donors (Lipinski definition) is 3. The molecule has 8 heteroatoms. The van der Waals surface area contributed by atoms with Gasteiger partial charge >= 0.3 is 0 Å². The molecule has 0 radical (unpaired) electrons. The molecule has 0 aliphatic rings. The third-order valence-corrected chi connectivity index (χ3v) is 5.92. The summed E-state index contributed by atoms with van der Waals surface area (Å²) in [5.74, 6) is -0.0475. The van der Waals surface area contributed by atoms with E-state index >= 15 is 0 Å². The average molecular weight is 445 g/mol. The summed E-state index contributed by atoms with van der Waals surface area (Å²) in [7, 11) is 0. The van der Waals surface area contributed by atoms with Crippen molar-refractivity contribution in [2.24, 2.45) is 5.92 Å². The number of fused-ring (bicyclic) bond motifs is 1. The van der Waals surface area contributed by atoms with E-state index in [1.165, 1.54) is 16.9 Å². The summed E-state index contributed by atoms with van der Waals surface area (Å²) in [6, 6.07) is 12.2. The number of thiophene rings is 1. The van der Waals surface area contributed by atoms with Crippen LogP contribution < -0.4 is 16.0 Å². The Bertz CT molecular complexity index is 993. The van der Waals surface area contributed by atoms with Gasteiger partial charge in [-0.05, 0) is 36.1 Å². The van der Waals surface area contributed by atoms with Crippen molar-refractivity contribution in [3.63, 3.8) is 0 Å². The van der Waals surface area contributed by atoms with E-state index < -0.39 is 0 Å². The fourth-order valence-corrected chi connectivity index (χ4v) is 4.14. The van der Waals surface area contributed by atoms with E-state index in [4.69, 9.17) is 11.6 Å². The van der Waals surface area contributed by atoms with E-state index in [1.807, 2.05) is 29.6 Å². The van der Waals surface area contributed by atoms with Crippen LogP contribution >= 0.6 is 22.9 Å². The van der Waals surface area contributed by atoms with Crippen molar-refractivity contribution in [1.29, 1.82) is 0 Å². The van der Waals surface area contributed by atoms with Gasteiger partial charge in [0.1, 0.15) is 4.83 Å². The first-order valence-corrected chi connectivity index (χ1v) is 11.1. The molecule has 0 spiro atoms. The molecule has 3 aromatic rings. The van der Waals surface area contributed by atoms with Crippen molar-refractivity contribution in [3.05, 3.63) is 64.1 Å². The molecule has 0 aliphatic carbocycles. The van der Waals surface area contributed by atoms with Crippen LogP contribution in [0.1, 0.15) is 18.1 Å². The maximum atomic E-state index is 12.0. The molecule has 2 aromatic heterocycles. The van der Waals surface area contributed by atoms with Crippen LogP contribution in [0.4, 0.5) is 0 Å². The Morgan fingerprint density at radius 2 is 1.87 bits per heavy atom. The third-order valence-electron chi connectivity index (χ3n) is 4.58. The quantitative estimate of drug-likeness (QED) is 0.448. The maximum Gasteiger partial charge on any atom is 0.239 e. The molecule has 2 heterocycles. The fraction of sp³-hybridized carbons (Fsp3) is 0.318. The van der Waals surface area contributed by atoms with Gasteiger partial charge in [0.15, 0.2) is 0 Å². The lowest BCUT2D eigenvalue weighted by Crippen LogP contribution is -2.41. The number of rotatable bonds is 10. The second-order valence-electron chi connectivity index (χ2n) is 7.26. The van der Waals surface area contributed by atoms with E-state index in [0.717, 1.165) is 28.7 Å². The van der Waals surface area contributed by atoms with Crippen LogP contribution in [0.25, 0.3) is 10.2 Å². The van der Waals surface area contributed by atoms with Crippen LogP contribution in [-0.4, -0.2) is 36.4 Å². The summed E-state index contributed by atoms with van der Waals surface area (Å²) in [5, 5.41) is 11.9. The van der Waals surface area contributed by atoms with E-state index in [1.54, 1.807) is 6.20 Å². The first kappa shape index (κ1) is 22.2. The van der Waals surface area contributed by atoms with E-state index in [0.29, 0.717) is 17.5 Å². The summed E-state index contributed by atoms with van der Waals surface area (Å²) in [4.78, 5) is 29.1. The molecule has 2 amide bonds. The Morgan fingerprint density at radius 3 is 2.67 bits per heavy atom. The Hall–Kier alpha value is -2.48. The third kappa shape index (κ3) is 6.79. The Labute approximate surface area is 185 Å². The van der Waals surface area contributed by atoms with Crippen LogP contribution in [0.5, 0.6) is 0 Å². The number of pyridine rings is 1. The van der Waals surface area contributed by atoms with Crippen LogP contribution in [0.2, 0.25) is 5.02 Å². The van der Waals surface area contributed by atoms with Gasteiger partial charge in [0, 0.05) is 23.5 Å². The van der Waals surface area contributed by atoms with Crippen molar-refractivity contribution in [2.75, 3.05) is 19.6 Å². The van der Waals surface area contributed by atoms with Gasteiger partial charge < -0.3 is 16.0 Å². The number of halogens is 1. The van der Waals surface area contributed by atoms with Crippen molar-refractivity contribution in [2.45, 2.75) is 19.9 Å². The molecule has 1 aromatic carbocycles. The highest BCUT2D eigenvalue weighted by Crippen LogP contribution is 2.28. The number of hydrogen-bond acceptors (Lipinski definition) is 5. The van der Waals surface area contributed by atoms with Gasteiger partial charge in [0.05, 0.1) is 18.1 Å². The smallest absolute Gasteiger partial charge is 0.239 e. The lowest BCUT2D eigenvalue weighted by Gasteiger charge is -2.13. The number of benzene rings is 1. The summed E-state index contributed by atoms with van der Waals surface area (Å²) in [5.41, 5.74) is 2.14. The zero-order chi connectivity index (χ0) is 21.3. The second kappa shape index (κ2) is 11.1. The van der Waals surface area contributed by atoms with Gasteiger partial charge in [-0.2, -0.15) is 0 Å². The Balaban J connectivity index is 1.31. The van der Waals surface area contributed by atoms with Gasteiger partial charge in [0.2, 0.25) is 11.8 Å². The molecule has 0 saturated carbocycles. The molecule has 1 atom stereocenters. The van der Waals surface area contributed by atoms with Crippen molar-refractivity contribution in [3.8, 4) is 0 Å². The molecule has 3 rings (SSSR count). The number of nitrogens with one attached hydrogen (secondary N) is 3. The Kier molecular flexibility index (Phi) is 8.19. The first-order valence-electron chi connectivity index (χ1n) is 9.81. The highest BCUT2D eigenvalue weighted by Gasteiger charge is 2.09.